The SMILES string of the molecule is O=S(=O)(c1ccccc1Cl)C12CCCC1O2. The van der Waals surface area contributed by atoms with Crippen LogP contribution in [0.3, 0.4) is 0 Å². The zero-order valence-corrected chi connectivity index (χ0v) is 10.1. The lowest BCUT2D eigenvalue weighted by Gasteiger charge is -2.11. The van der Waals surface area contributed by atoms with E-state index in [4.69, 9.17) is 16.3 Å². The molecule has 2 atom stereocenters. The third kappa shape index (κ3) is 1.21. The van der Waals surface area contributed by atoms with Crippen molar-refractivity contribution in [1.82, 2.24) is 0 Å². The Hall–Kier alpha value is -0.580. The number of hydrogen-bond donors (Lipinski definition) is 0. The van der Waals surface area contributed by atoms with Gasteiger partial charge in [-0.05, 0) is 31.4 Å². The van der Waals surface area contributed by atoms with E-state index in [0.717, 1.165) is 12.8 Å². The fourth-order valence-corrected chi connectivity index (χ4v) is 4.97. The maximum atomic E-state index is 12.4. The number of halogens is 1. The lowest BCUT2D eigenvalue weighted by atomic mass is 10.4. The van der Waals surface area contributed by atoms with Gasteiger partial charge in [-0.2, -0.15) is 0 Å². The largest absolute Gasteiger partial charge is 0.349 e. The minimum atomic E-state index is -3.45. The predicted molar refractivity (Wildman–Crippen MR) is 60.1 cm³/mol. The Morgan fingerprint density at radius 3 is 2.69 bits per heavy atom. The Kier molecular flexibility index (Phi) is 2.12. The molecule has 1 heterocycles. The van der Waals surface area contributed by atoms with Crippen LogP contribution in [-0.2, 0) is 14.6 Å². The van der Waals surface area contributed by atoms with Crippen molar-refractivity contribution < 1.29 is 13.2 Å². The first-order valence-corrected chi connectivity index (χ1v) is 7.11. The molecule has 5 heteroatoms. The van der Waals surface area contributed by atoms with Crippen molar-refractivity contribution in [2.24, 2.45) is 0 Å². The number of hydrogen-bond acceptors (Lipinski definition) is 3. The molecule has 3 nitrogen and oxygen atoms in total. The van der Waals surface area contributed by atoms with Gasteiger partial charge >= 0.3 is 0 Å². The maximum absolute atomic E-state index is 12.4. The summed E-state index contributed by atoms with van der Waals surface area (Å²) in [5, 5.41) is 0.276. The number of epoxide rings is 1. The molecule has 1 aromatic rings. The van der Waals surface area contributed by atoms with Crippen molar-refractivity contribution in [3.8, 4) is 0 Å². The van der Waals surface area contributed by atoms with E-state index < -0.39 is 14.8 Å². The third-order valence-electron chi connectivity index (χ3n) is 3.35. The minimum Gasteiger partial charge on any atom is -0.349 e. The summed E-state index contributed by atoms with van der Waals surface area (Å²) in [6, 6.07) is 6.54. The molecule has 2 unspecified atom stereocenters. The summed E-state index contributed by atoms with van der Waals surface area (Å²) in [6.07, 6.45) is 2.22. The molecule has 3 rings (SSSR count). The van der Waals surface area contributed by atoms with Gasteiger partial charge in [-0.1, -0.05) is 23.7 Å². The molecule has 2 fully saturated rings. The van der Waals surface area contributed by atoms with Gasteiger partial charge in [0.05, 0.1) is 9.92 Å². The highest BCUT2D eigenvalue weighted by Gasteiger charge is 2.68. The van der Waals surface area contributed by atoms with Gasteiger partial charge in [-0.25, -0.2) is 8.42 Å². The van der Waals surface area contributed by atoms with Crippen LogP contribution in [0.1, 0.15) is 19.3 Å². The van der Waals surface area contributed by atoms with Crippen LogP contribution in [-0.4, -0.2) is 19.5 Å². The minimum absolute atomic E-state index is 0.117. The Balaban J connectivity index is 2.11. The summed E-state index contributed by atoms with van der Waals surface area (Å²) in [5.74, 6) is 0. The molecule has 1 aliphatic carbocycles. The normalized spacial score (nSPS) is 32.4. The summed E-state index contributed by atoms with van der Waals surface area (Å²) in [4.78, 5) is -0.765. The fraction of sp³-hybridized carbons (Fsp3) is 0.455. The average molecular weight is 259 g/mol. The van der Waals surface area contributed by atoms with Crippen molar-refractivity contribution in [3.05, 3.63) is 29.3 Å². The van der Waals surface area contributed by atoms with Crippen LogP contribution in [0.5, 0.6) is 0 Å². The van der Waals surface area contributed by atoms with Crippen molar-refractivity contribution >= 4 is 21.4 Å². The molecular weight excluding hydrogens is 248 g/mol. The van der Waals surface area contributed by atoms with Gasteiger partial charge in [-0.15, -0.1) is 0 Å². The number of sulfone groups is 1. The van der Waals surface area contributed by atoms with Crippen LogP contribution in [0.25, 0.3) is 0 Å². The van der Waals surface area contributed by atoms with E-state index in [2.05, 4.69) is 0 Å². The molecule has 86 valence electrons. The highest BCUT2D eigenvalue weighted by molar-refractivity contribution is 7.93. The van der Waals surface area contributed by atoms with Crippen LogP contribution >= 0.6 is 11.6 Å². The third-order valence-corrected chi connectivity index (χ3v) is 6.20. The Morgan fingerprint density at radius 2 is 2.12 bits per heavy atom. The van der Waals surface area contributed by atoms with E-state index >= 15 is 0 Å². The second-order valence-electron chi connectivity index (χ2n) is 4.24. The van der Waals surface area contributed by atoms with Crippen LogP contribution in [0.2, 0.25) is 5.02 Å². The fourth-order valence-electron chi connectivity index (χ4n) is 2.46. The zero-order chi connectivity index (χ0) is 11.4. The lowest BCUT2D eigenvalue weighted by Crippen LogP contribution is -2.24. The smallest absolute Gasteiger partial charge is 0.212 e. The van der Waals surface area contributed by atoms with Gasteiger partial charge in [0, 0.05) is 0 Å². The summed E-state index contributed by atoms with van der Waals surface area (Å²) >= 11 is 5.93. The second-order valence-corrected chi connectivity index (χ2v) is 6.79. The first-order valence-electron chi connectivity index (χ1n) is 5.25. The van der Waals surface area contributed by atoms with Crippen LogP contribution in [0, 0.1) is 0 Å². The Bertz CT molecular complexity index is 540. The molecule has 0 spiro atoms. The molecule has 0 bridgehead atoms. The highest BCUT2D eigenvalue weighted by atomic mass is 35.5. The molecule has 16 heavy (non-hydrogen) atoms. The molecule has 0 aromatic heterocycles. The molecule has 1 saturated carbocycles. The molecule has 0 N–H and O–H groups in total. The molecule has 0 amide bonds. The number of fused-ring (bicyclic) bond motifs is 1. The summed E-state index contributed by atoms with van der Waals surface area (Å²) in [7, 11) is -3.45. The first kappa shape index (κ1) is 10.6. The standard InChI is InChI=1S/C11H11ClO3S/c12-8-4-1-2-5-9(8)16(13,14)11-7-3-6-10(11)15-11/h1-2,4-5,10H,3,6-7H2. The van der Waals surface area contributed by atoms with Gasteiger partial charge < -0.3 is 4.74 Å². The second kappa shape index (κ2) is 3.22. The number of rotatable bonds is 2. The van der Waals surface area contributed by atoms with Gasteiger partial charge in [-0.3, -0.25) is 0 Å². The molecule has 1 aliphatic heterocycles. The summed E-state index contributed by atoms with van der Waals surface area (Å²) in [5.41, 5.74) is 0. The van der Waals surface area contributed by atoms with Crippen LogP contribution < -0.4 is 0 Å². The molecule has 1 saturated heterocycles. The lowest BCUT2D eigenvalue weighted by molar-refractivity contribution is 0.297. The van der Waals surface area contributed by atoms with E-state index in [1.165, 1.54) is 0 Å². The topological polar surface area (TPSA) is 46.7 Å². The quantitative estimate of drug-likeness (QED) is 0.766. The Labute approximate surface area is 99.3 Å². The van der Waals surface area contributed by atoms with E-state index in [9.17, 15) is 8.42 Å². The van der Waals surface area contributed by atoms with Crippen LogP contribution in [0.15, 0.2) is 29.2 Å². The van der Waals surface area contributed by atoms with Crippen LogP contribution in [0.4, 0.5) is 0 Å². The van der Waals surface area contributed by atoms with E-state index in [-0.39, 0.29) is 16.0 Å². The summed E-state index contributed by atoms with van der Waals surface area (Å²) < 4.78 is 30.2. The van der Waals surface area contributed by atoms with Gasteiger partial charge in [0.25, 0.3) is 0 Å². The zero-order valence-electron chi connectivity index (χ0n) is 8.52. The average Bonchev–Trinajstić information content (AvgIpc) is 2.83. The molecule has 1 aromatic carbocycles. The van der Waals surface area contributed by atoms with Gasteiger partial charge in [0.15, 0.2) is 4.93 Å². The predicted octanol–water partition coefficient (Wildman–Crippen LogP) is 2.39. The van der Waals surface area contributed by atoms with Crippen molar-refractivity contribution in [2.45, 2.75) is 35.2 Å². The first-order chi connectivity index (χ1) is 7.58. The van der Waals surface area contributed by atoms with E-state index in [1.54, 1.807) is 24.3 Å². The number of benzene rings is 1. The summed E-state index contributed by atoms with van der Waals surface area (Å²) in [6.45, 7) is 0. The van der Waals surface area contributed by atoms with Gasteiger partial charge in [0.2, 0.25) is 9.84 Å². The Morgan fingerprint density at radius 1 is 1.38 bits per heavy atom. The van der Waals surface area contributed by atoms with E-state index in [0.29, 0.717) is 6.42 Å². The molecule has 2 aliphatic rings. The highest BCUT2D eigenvalue weighted by Crippen LogP contribution is 2.56. The molecule has 0 radical (unpaired) electrons. The monoisotopic (exact) mass is 258 g/mol. The number of ether oxygens (including phenoxy) is 1. The van der Waals surface area contributed by atoms with Crippen molar-refractivity contribution in [1.29, 1.82) is 0 Å². The van der Waals surface area contributed by atoms with Gasteiger partial charge in [0.1, 0.15) is 6.10 Å². The molecular formula is C11H11ClO3S. The van der Waals surface area contributed by atoms with E-state index in [1.807, 2.05) is 0 Å². The van der Waals surface area contributed by atoms with Crippen molar-refractivity contribution in [2.75, 3.05) is 0 Å². The maximum Gasteiger partial charge on any atom is 0.212 e. The van der Waals surface area contributed by atoms with Crippen molar-refractivity contribution in [3.63, 3.8) is 0 Å².